The maximum absolute atomic E-state index is 10.1. The molecule has 102 valence electrons. The van der Waals surface area contributed by atoms with E-state index < -0.39 is 0 Å². The summed E-state index contributed by atoms with van der Waals surface area (Å²) in [6.45, 7) is 0. The fourth-order valence-corrected chi connectivity index (χ4v) is 2.68. The van der Waals surface area contributed by atoms with Gasteiger partial charge >= 0.3 is 0 Å². The molecule has 1 saturated carbocycles. The van der Waals surface area contributed by atoms with E-state index in [1.54, 1.807) is 10.9 Å². The second-order valence-electron chi connectivity index (χ2n) is 5.23. The number of hydrogen-bond donors (Lipinski definition) is 1. The Morgan fingerprint density at radius 2 is 2.26 bits per heavy atom. The Morgan fingerprint density at radius 1 is 1.47 bits per heavy atom. The van der Waals surface area contributed by atoms with E-state index in [1.807, 2.05) is 13.2 Å². The van der Waals surface area contributed by atoms with Crippen LogP contribution in [0.1, 0.15) is 31.6 Å². The van der Waals surface area contributed by atoms with Crippen molar-refractivity contribution in [2.24, 2.45) is 13.0 Å². The topological polar surface area (TPSA) is 77.0 Å². The molecule has 0 bridgehead atoms. The molecule has 1 aliphatic carbocycles. The minimum Gasteiger partial charge on any atom is -0.392 e. The zero-order valence-corrected chi connectivity index (χ0v) is 11.0. The van der Waals surface area contributed by atoms with Crippen molar-refractivity contribution < 1.29 is 9.63 Å². The molecule has 0 spiro atoms. The van der Waals surface area contributed by atoms with Crippen molar-refractivity contribution in [3.63, 3.8) is 0 Å². The van der Waals surface area contributed by atoms with Gasteiger partial charge in [-0.3, -0.25) is 4.68 Å². The highest BCUT2D eigenvalue weighted by Gasteiger charge is 2.25. The fourth-order valence-electron chi connectivity index (χ4n) is 2.68. The molecule has 19 heavy (non-hydrogen) atoms. The predicted octanol–water partition coefficient (Wildman–Crippen LogP) is 1.56. The molecule has 1 fully saturated rings. The number of aryl methyl sites for hydroxylation is 1. The molecule has 0 radical (unpaired) electrons. The van der Waals surface area contributed by atoms with E-state index in [1.165, 1.54) is 12.8 Å². The third kappa shape index (κ3) is 2.68. The first-order chi connectivity index (χ1) is 9.22. The largest absolute Gasteiger partial charge is 0.392 e. The number of hydrogen-bond acceptors (Lipinski definition) is 5. The molecular weight excluding hydrogens is 244 g/mol. The van der Waals surface area contributed by atoms with Gasteiger partial charge in [-0.25, -0.2) is 0 Å². The summed E-state index contributed by atoms with van der Waals surface area (Å²) in [5.41, 5.74) is 0.827. The maximum Gasteiger partial charge on any atom is 0.229 e. The molecule has 1 aliphatic rings. The summed E-state index contributed by atoms with van der Waals surface area (Å²) < 4.78 is 6.89. The molecule has 0 saturated heterocycles. The van der Waals surface area contributed by atoms with Crippen molar-refractivity contribution in [3.8, 4) is 11.4 Å². The number of aromatic nitrogens is 4. The summed E-state index contributed by atoms with van der Waals surface area (Å²) in [5, 5.41) is 18.1. The predicted molar refractivity (Wildman–Crippen MR) is 68.2 cm³/mol. The standard InChI is InChI=1S/C13H18N4O2/c1-17-8-10(7-14-17)13-15-12(19-16-13)6-11(18)9-4-2-3-5-9/h7-9,11,18H,2-6H2,1H3. The van der Waals surface area contributed by atoms with Gasteiger partial charge < -0.3 is 9.63 Å². The quantitative estimate of drug-likeness (QED) is 0.904. The molecule has 1 N–H and O–H groups in total. The van der Waals surface area contributed by atoms with Gasteiger partial charge in [-0.05, 0) is 18.8 Å². The van der Waals surface area contributed by atoms with E-state index >= 15 is 0 Å². The van der Waals surface area contributed by atoms with Gasteiger partial charge in [0.2, 0.25) is 11.7 Å². The molecule has 0 aromatic carbocycles. The van der Waals surface area contributed by atoms with Crippen LogP contribution in [0, 0.1) is 5.92 Å². The average Bonchev–Trinajstić information content (AvgIpc) is 3.07. The van der Waals surface area contributed by atoms with Crippen molar-refractivity contribution in [2.75, 3.05) is 0 Å². The van der Waals surface area contributed by atoms with Gasteiger partial charge in [-0.2, -0.15) is 10.1 Å². The van der Waals surface area contributed by atoms with Crippen molar-refractivity contribution in [1.29, 1.82) is 0 Å². The van der Waals surface area contributed by atoms with Gasteiger partial charge in [0.15, 0.2) is 0 Å². The first-order valence-electron chi connectivity index (χ1n) is 6.72. The van der Waals surface area contributed by atoms with E-state index in [9.17, 15) is 5.11 Å². The monoisotopic (exact) mass is 262 g/mol. The van der Waals surface area contributed by atoms with Crippen molar-refractivity contribution in [2.45, 2.75) is 38.2 Å². The molecule has 0 amide bonds. The van der Waals surface area contributed by atoms with Crippen molar-refractivity contribution in [1.82, 2.24) is 19.9 Å². The maximum atomic E-state index is 10.1. The van der Waals surface area contributed by atoms with E-state index in [2.05, 4.69) is 15.2 Å². The van der Waals surface area contributed by atoms with Crippen molar-refractivity contribution in [3.05, 3.63) is 18.3 Å². The highest BCUT2D eigenvalue weighted by molar-refractivity contribution is 5.50. The third-order valence-electron chi connectivity index (χ3n) is 3.76. The lowest BCUT2D eigenvalue weighted by Gasteiger charge is -2.14. The SMILES string of the molecule is Cn1cc(-c2noc(CC(O)C3CCCC3)n2)cn1. The lowest BCUT2D eigenvalue weighted by molar-refractivity contribution is 0.102. The Bertz CT molecular complexity index is 542. The van der Waals surface area contributed by atoms with Crippen molar-refractivity contribution >= 4 is 0 Å². The third-order valence-corrected chi connectivity index (χ3v) is 3.76. The van der Waals surface area contributed by atoms with Crippen LogP contribution < -0.4 is 0 Å². The lowest BCUT2D eigenvalue weighted by atomic mass is 9.98. The van der Waals surface area contributed by atoms with E-state index in [0.717, 1.165) is 18.4 Å². The van der Waals surface area contributed by atoms with Crippen LogP contribution in [-0.4, -0.2) is 31.1 Å². The van der Waals surface area contributed by atoms with Gasteiger partial charge in [0.05, 0.1) is 24.3 Å². The summed E-state index contributed by atoms with van der Waals surface area (Å²) in [4.78, 5) is 4.31. The average molecular weight is 262 g/mol. The van der Waals surface area contributed by atoms with E-state index in [4.69, 9.17) is 4.52 Å². The Morgan fingerprint density at radius 3 is 2.95 bits per heavy atom. The van der Waals surface area contributed by atoms with Gasteiger partial charge in [0.25, 0.3) is 0 Å². The van der Waals surface area contributed by atoms with Crippen LogP contribution in [0.5, 0.6) is 0 Å². The summed E-state index contributed by atoms with van der Waals surface area (Å²) in [7, 11) is 1.84. The highest BCUT2D eigenvalue weighted by atomic mass is 16.5. The summed E-state index contributed by atoms with van der Waals surface area (Å²) in [6, 6.07) is 0. The number of aliphatic hydroxyl groups is 1. The Kier molecular flexibility index (Phi) is 3.33. The smallest absolute Gasteiger partial charge is 0.229 e. The van der Waals surface area contributed by atoms with E-state index in [-0.39, 0.29) is 6.10 Å². The molecule has 2 aromatic rings. The zero-order valence-electron chi connectivity index (χ0n) is 11.0. The molecule has 3 rings (SSSR count). The summed E-state index contributed by atoms with van der Waals surface area (Å²) in [5.74, 6) is 1.41. The Labute approximate surface area is 111 Å². The molecule has 2 aromatic heterocycles. The number of aliphatic hydroxyl groups excluding tert-OH is 1. The second-order valence-corrected chi connectivity index (χ2v) is 5.23. The second kappa shape index (κ2) is 5.13. The lowest BCUT2D eigenvalue weighted by Crippen LogP contribution is -2.20. The van der Waals surface area contributed by atoms with Gasteiger partial charge in [-0.1, -0.05) is 18.0 Å². The van der Waals surface area contributed by atoms with Crippen LogP contribution in [0.3, 0.4) is 0 Å². The minimum absolute atomic E-state index is 0.371. The Balaban J connectivity index is 1.67. The van der Waals surface area contributed by atoms with Crippen LogP contribution in [0.15, 0.2) is 16.9 Å². The van der Waals surface area contributed by atoms with Crippen LogP contribution in [0.25, 0.3) is 11.4 Å². The van der Waals surface area contributed by atoms with Gasteiger partial charge in [0, 0.05) is 13.2 Å². The zero-order chi connectivity index (χ0) is 13.2. The first kappa shape index (κ1) is 12.3. The normalized spacial score (nSPS) is 18.0. The fraction of sp³-hybridized carbons (Fsp3) is 0.615. The van der Waals surface area contributed by atoms with Crippen LogP contribution in [0.2, 0.25) is 0 Å². The summed E-state index contributed by atoms with van der Waals surface area (Å²) >= 11 is 0. The minimum atomic E-state index is -0.371. The van der Waals surface area contributed by atoms with Gasteiger partial charge in [0.1, 0.15) is 0 Å². The van der Waals surface area contributed by atoms with Gasteiger partial charge in [-0.15, -0.1) is 0 Å². The van der Waals surface area contributed by atoms with Crippen LogP contribution in [0.4, 0.5) is 0 Å². The number of rotatable bonds is 4. The molecule has 6 nitrogen and oxygen atoms in total. The summed E-state index contributed by atoms with van der Waals surface area (Å²) in [6.07, 6.45) is 8.24. The molecule has 1 unspecified atom stereocenters. The molecular formula is C13H18N4O2. The molecule has 2 heterocycles. The number of nitrogens with zero attached hydrogens (tertiary/aromatic N) is 4. The molecule has 0 aliphatic heterocycles. The Hall–Kier alpha value is -1.69. The van der Waals surface area contributed by atoms with E-state index in [0.29, 0.717) is 24.1 Å². The molecule has 1 atom stereocenters. The first-order valence-corrected chi connectivity index (χ1v) is 6.72. The molecule has 6 heteroatoms. The van der Waals surface area contributed by atoms with Crippen LogP contribution in [-0.2, 0) is 13.5 Å². The highest BCUT2D eigenvalue weighted by Crippen LogP contribution is 2.29. The van der Waals surface area contributed by atoms with Crippen LogP contribution >= 0.6 is 0 Å².